The minimum atomic E-state index is -0.964. The van der Waals surface area contributed by atoms with E-state index < -0.39 is 29.7 Å². The first kappa shape index (κ1) is 17.7. The molecule has 2 aromatic rings. The lowest BCUT2D eigenvalue weighted by Gasteiger charge is -2.28. The molecule has 28 heavy (non-hydrogen) atoms. The lowest BCUT2D eigenvalue weighted by atomic mass is 10.0. The highest BCUT2D eigenvalue weighted by Crippen LogP contribution is 2.25. The van der Waals surface area contributed by atoms with Crippen molar-refractivity contribution in [3.05, 3.63) is 66.4 Å². The maximum absolute atomic E-state index is 12.6. The van der Waals surface area contributed by atoms with Crippen LogP contribution in [0.15, 0.2) is 66.4 Å². The molecule has 0 radical (unpaired) electrons. The Morgan fingerprint density at radius 1 is 0.893 bits per heavy atom. The molecule has 2 N–H and O–H groups in total. The zero-order valence-electron chi connectivity index (χ0n) is 14.8. The highest BCUT2D eigenvalue weighted by molar-refractivity contribution is 6.20. The molecule has 0 aromatic heterocycles. The smallest absolute Gasteiger partial charge is 0.278 e. The van der Waals surface area contributed by atoms with Gasteiger partial charge < -0.3 is 5.32 Å². The molecule has 0 aliphatic carbocycles. The van der Waals surface area contributed by atoms with Crippen molar-refractivity contribution >= 4 is 29.3 Å². The summed E-state index contributed by atoms with van der Waals surface area (Å²) in [7, 11) is 0. The van der Waals surface area contributed by atoms with E-state index in [4.69, 9.17) is 0 Å². The predicted molar refractivity (Wildman–Crippen MR) is 102 cm³/mol. The van der Waals surface area contributed by atoms with E-state index in [-0.39, 0.29) is 18.5 Å². The average Bonchev–Trinajstić information content (AvgIpc) is 2.97. The minimum absolute atomic E-state index is 0.0944. The Bertz CT molecular complexity index is 996. The fraction of sp³-hybridized carbons (Fsp3) is 0.143. The summed E-state index contributed by atoms with van der Waals surface area (Å²) in [4.78, 5) is 49.1. The Kier molecular flexibility index (Phi) is 4.49. The molecule has 7 heteroatoms. The molecular formula is C21H17N3O4. The fourth-order valence-corrected chi connectivity index (χ4v) is 3.33. The van der Waals surface area contributed by atoms with Crippen LogP contribution in [0.3, 0.4) is 0 Å². The van der Waals surface area contributed by atoms with Crippen molar-refractivity contribution in [1.29, 1.82) is 0 Å². The first-order chi connectivity index (χ1) is 13.5. The Labute approximate surface area is 161 Å². The molecule has 1 unspecified atom stereocenters. The van der Waals surface area contributed by atoms with Gasteiger partial charge in [0.2, 0.25) is 11.8 Å². The third-order valence-electron chi connectivity index (χ3n) is 4.75. The van der Waals surface area contributed by atoms with Gasteiger partial charge >= 0.3 is 0 Å². The Balaban J connectivity index is 1.48. The lowest BCUT2D eigenvalue weighted by Crippen LogP contribution is -2.54. The molecule has 2 heterocycles. The van der Waals surface area contributed by atoms with Crippen molar-refractivity contribution in [2.24, 2.45) is 0 Å². The van der Waals surface area contributed by atoms with Crippen LogP contribution in [0, 0.1) is 0 Å². The van der Waals surface area contributed by atoms with E-state index in [9.17, 15) is 19.2 Å². The van der Waals surface area contributed by atoms with Gasteiger partial charge in [0.05, 0.1) is 0 Å². The van der Waals surface area contributed by atoms with Gasteiger partial charge in [0.1, 0.15) is 11.7 Å². The van der Waals surface area contributed by atoms with Gasteiger partial charge in [-0.1, -0.05) is 42.5 Å². The number of imide groups is 2. The Morgan fingerprint density at radius 3 is 2.25 bits per heavy atom. The van der Waals surface area contributed by atoms with Crippen LogP contribution in [-0.2, 0) is 19.2 Å². The average molecular weight is 375 g/mol. The second-order valence-corrected chi connectivity index (χ2v) is 6.61. The molecule has 1 saturated heterocycles. The molecule has 2 aliphatic rings. The van der Waals surface area contributed by atoms with Crippen LogP contribution in [0.5, 0.6) is 0 Å². The van der Waals surface area contributed by atoms with Gasteiger partial charge in [-0.3, -0.25) is 29.4 Å². The van der Waals surface area contributed by atoms with Crippen molar-refractivity contribution in [3.8, 4) is 11.1 Å². The van der Waals surface area contributed by atoms with Gasteiger partial charge in [0.25, 0.3) is 11.8 Å². The molecule has 140 valence electrons. The van der Waals surface area contributed by atoms with Crippen molar-refractivity contribution in [2.75, 3.05) is 5.32 Å². The molecule has 0 spiro atoms. The van der Waals surface area contributed by atoms with Crippen molar-refractivity contribution in [1.82, 2.24) is 10.2 Å². The topological polar surface area (TPSA) is 95.6 Å². The number of anilines is 1. The van der Waals surface area contributed by atoms with E-state index in [1.54, 1.807) is 0 Å². The van der Waals surface area contributed by atoms with Crippen LogP contribution in [0.4, 0.5) is 5.69 Å². The third kappa shape index (κ3) is 3.29. The SMILES string of the molecule is O=C1CCC(N2C(=O)C=C(Nc3ccc(-c4ccccc4)cc3)C2=O)C(=O)N1. The minimum Gasteiger partial charge on any atom is -0.351 e. The molecule has 0 saturated carbocycles. The van der Waals surface area contributed by atoms with Gasteiger partial charge in [-0.15, -0.1) is 0 Å². The summed E-state index contributed by atoms with van der Waals surface area (Å²) in [6.07, 6.45) is 1.41. The Morgan fingerprint density at radius 2 is 1.57 bits per heavy atom. The molecule has 4 rings (SSSR count). The summed E-state index contributed by atoms with van der Waals surface area (Å²) in [5.41, 5.74) is 2.85. The van der Waals surface area contributed by atoms with E-state index in [1.807, 2.05) is 54.6 Å². The quantitative estimate of drug-likeness (QED) is 0.795. The summed E-state index contributed by atoms with van der Waals surface area (Å²) in [6.45, 7) is 0. The van der Waals surface area contributed by atoms with Crippen molar-refractivity contribution in [2.45, 2.75) is 18.9 Å². The van der Waals surface area contributed by atoms with Crippen LogP contribution in [0.1, 0.15) is 12.8 Å². The first-order valence-electron chi connectivity index (χ1n) is 8.88. The largest absolute Gasteiger partial charge is 0.351 e. The van der Waals surface area contributed by atoms with Crippen molar-refractivity contribution in [3.63, 3.8) is 0 Å². The van der Waals surface area contributed by atoms with E-state index in [1.165, 1.54) is 6.08 Å². The summed E-state index contributed by atoms with van der Waals surface area (Å²) >= 11 is 0. The third-order valence-corrected chi connectivity index (χ3v) is 4.75. The molecule has 2 aliphatic heterocycles. The molecular weight excluding hydrogens is 358 g/mol. The van der Waals surface area contributed by atoms with Crippen LogP contribution in [0.25, 0.3) is 11.1 Å². The number of hydrogen-bond donors (Lipinski definition) is 2. The molecule has 1 fully saturated rings. The normalized spacial score (nSPS) is 19.5. The van der Waals surface area contributed by atoms with E-state index in [0.29, 0.717) is 5.69 Å². The molecule has 7 nitrogen and oxygen atoms in total. The number of rotatable bonds is 4. The molecule has 4 amide bonds. The zero-order chi connectivity index (χ0) is 19.7. The summed E-state index contributed by atoms with van der Waals surface area (Å²) in [6, 6.07) is 16.4. The summed E-state index contributed by atoms with van der Waals surface area (Å²) in [5.74, 6) is -2.17. The van der Waals surface area contributed by atoms with Gasteiger partial charge in [-0.05, 0) is 29.7 Å². The maximum Gasteiger partial charge on any atom is 0.278 e. The second kappa shape index (κ2) is 7.11. The lowest BCUT2D eigenvalue weighted by molar-refractivity contribution is -0.149. The number of nitrogens with zero attached hydrogens (tertiary/aromatic N) is 1. The van der Waals surface area contributed by atoms with Crippen molar-refractivity contribution < 1.29 is 19.2 Å². The van der Waals surface area contributed by atoms with Gasteiger partial charge in [0, 0.05) is 18.2 Å². The fourth-order valence-electron chi connectivity index (χ4n) is 3.33. The maximum atomic E-state index is 12.6. The van der Waals surface area contributed by atoms with E-state index in [0.717, 1.165) is 16.0 Å². The van der Waals surface area contributed by atoms with Gasteiger partial charge in [-0.25, -0.2) is 0 Å². The van der Waals surface area contributed by atoms with Gasteiger partial charge in [-0.2, -0.15) is 0 Å². The highest BCUT2D eigenvalue weighted by atomic mass is 16.2. The van der Waals surface area contributed by atoms with E-state index >= 15 is 0 Å². The number of amides is 4. The predicted octanol–water partition coefficient (Wildman–Crippen LogP) is 1.82. The number of hydrogen-bond acceptors (Lipinski definition) is 5. The van der Waals surface area contributed by atoms with Crippen LogP contribution < -0.4 is 10.6 Å². The highest BCUT2D eigenvalue weighted by Gasteiger charge is 2.42. The number of benzene rings is 2. The monoisotopic (exact) mass is 375 g/mol. The summed E-state index contributed by atoms with van der Waals surface area (Å²) in [5, 5.41) is 5.11. The van der Waals surface area contributed by atoms with Crippen LogP contribution >= 0.6 is 0 Å². The number of carbonyl (C=O) groups excluding carboxylic acids is 4. The van der Waals surface area contributed by atoms with Crippen LogP contribution in [0.2, 0.25) is 0 Å². The van der Waals surface area contributed by atoms with E-state index in [2.05, 4.69) is 10.6 Å². The molecule has 2 aromatic carbocycles. The zero-order valence-corrected chi connectivity index (χ0v) is 14.8. The number of nitrogens with one attached hydrogen (secondary N) is 2. The number of carbonyl (C=O) groups is 4. The Hall–Kier alpha value is -3.74. The first-order valence-corrected chi connectivity index (χ1v) is 8.88. The van der Waals surface area contributed by atoms with Gasteiger partial charge in [0.15, 0.2) is 0 Å². The summed E-state index contributed by atoms with van der Waals surface area (Å²) < 4.78 is 0. The van der Waals surface area contributed by atoms with Crippen LogP contribution in [-0.4, -0.2) is 34.6 Å². The number of piperidine rings is 1. The molecule has 1 atom stereocenters. The second-order valence-electron chi connectivity index (χ2n) is 6.61. The molecule has 0 bridgehead atoms. The standard InChI is InChI=1S/C21H17N3O4/c25-18-11-10-17(20(27)23-18)24-19(26)12-16(21(24)28)22-15-8-6-14(7-9-15)13-4-2-1-3-5-13/h1-9,12,17,22H,10-11H2,(H,23,25,27).